The van der Waals surface area contributed by atoms with Crippen LogP contribution < -0.4 is 15.8 Å². The minimum absolute atomic E-state index is 0.0222. The third-order valence-electron chi connectivity index (χ3n) is 3.54. The highest BCUT2D eigenvalue weighted by Crippen LogP contribution is 2.25. The quantitative estimate of drug-likeness (QED) is 0.401. The summed E-state index contributed by atoms with van der Waals surface area (Å²) in [7, 11) is 1.56. The molecule has 0 fully saturated rings. The van der Waals surface area contributed by atoms with E-state index in [1.165, 1.54) is 18.0 Å². The van der Waals surface area contributed by atoms with Crippen molar-refractivity contribution in [2.75, 3.05) is 24.8 Å². The summed E-state index contributed by atoms with van der Waals surface area (Å²) in [5.74, 6) is -0.0880. The Balaban J connectivity index is 2.08. The Morgan fingerprint density at radius 2 is 2.11 bits per heavy atom. The van der Waals surface area contributed by atoms with Crippen molar-refractivity contribution in [3.8, 4) is 5.75 Å². The van der Waals surface area contributed by atoms with Gasteiger partial charge < -0.3 is 20.5 Å². The van der Waals surface area contributed by atoms with E-state index in [1.54, 1.807) is 38.3 Å². The minimum Gasteiger partial charge on any atom is -0.497 e. The second kappa shape index (κ2) is 9.77. The summed E-state index contributed by atoms with van der Waals surface area (Å²) >= 11 is 1.18. The number of esters is 1. The van der Waals surface area contributed by atoms with E-state index in [-0.39, 0.29) is 23.9 Å². The zero-order valence-corrected chi connectivity index (χ0v) is 16.2. The van der Waals surface area contributed by atoms with E-state index in [2.05, 4.69) is 15.3 Å². The number of carbonyl (C=O) groups is 2. The number of nitrogens with zero attached hydrogens (tertiary/aromatic N) is 2. The van der Waals surface area contributed by atoms with Crippen LogP contribution >= 0.6 is 11.8 Å². The molecule has 1 atom stereocenters. The van der Waals surface area contributed by atoms with E-state index < -0.39 is 11.2 Å². The molecule has 0 aliphatic rings. The topological polar surface area (TPSA) is 116 Å². The summed E-state index contributed by atoms with van der Waals surface area (Å²) in [5, 5.41) is 2.73. The molecule has 144 valence electrons. The number of ether oxygens (including phenoxy) is 2. The van der Waals surface area contributed by atoms with Gasteiger partial charge in [-0.05, 0) is 25.5 Å². The number of nitrogen functional groups attached to an aromatic ring is 1. The van der Waals surface area contributed by atoms with Crippen molar-refractivity contribution < 1.29 is 19.1 Å². The first-order valence-electron chi connectivity index (χ1n) is 8.39. The summed E-state index contributed by atoms with van der Waals surface area (Å²) < 4.78 is 10.0. The number of thioether (sulfide) groups is 1. The molecule has 3 N–H and O–H groups in total. The van der Waals surface area contributed by atoms with Gasteiger partial charge in [-0.3, -0.25) is 4.79 Å². The van der Waals surface area contributed by atoms with Crippen LogP contribution in [0.15, 0.2) is 35.6 Å². The first kappa shape index (κ1) is 20.5. The molecule has 27 heavy (non-hydrogen) atoms. The summed E-state index contributed by atoms with van der Waals surface area (Å²) in [6.07, 6.45) is 1.87. The molecule has 0 aliphatic heterocycles. The number of anilines is 2. The third-order valence-corrected chi connectivity index (χ3v) is 4.78. The lowest BCUT2D eigenvalue weighted by Crippen LogP contribution is -2.25. The Morgan fingerprint density at radius 3 is 2.74 bits per heavy atom. The molecule has 8 nitrogen and oxygen atoms in total. The molecule has 2 aromatic rings. The number of methoxy groups -OCH3 is 1. The van der Waals surface area contributed by atoms with Gasteiger partial charge in [0, 0.05) is 18.0 Å². The van der Waals surface area contributed by atoms with Crippen molar-refractivity contribution in [1.82, 2.24) is 9.97 Å². The molecule has 9 heteroatoms. The molecule has 0 radical (unpaired) electrons. The molecule has 0 aliphatic carbocycles. The second-order valence-electron chi connectivity index (χ2n) is 5.41. The number of benzene rings is 1. The van der Waals surface area contributed by atoms with Gasteiger partial charge in [0.05, 0.1) is 19.0 Å². The Bertz CT molecular complexity index is 816. The highest BCUT2D eigenvalue weighted by molar-refractivity contribution is 8.00. The molecule has 0 saturated heterocycles. The lowest BCUT2D eigenvalue weighted by molar-refractivity contribution is -0.115. The number of carbonyl (C=O) groups excluding carboxylic acids is 2. The van der Waals surface area contributed by atoms with Gasteiger partial charge in [0.25, 0.3) is 0 Å². The Hall–Kier alpha value is -2.81. The zero-order valence-electron chi connectivity index (χ0n) is 15.4. The average molecular weight is 390 g/mol. The SMILES string of the molecule is CCOC(=O)c1cnc(S[C@@H](CC)C(=O)Nc2cccc(OC)c2)nc1N. The van der Waals surface area contributed by atoms with Crippen LogP contribution in [0.25, 0.3) is 0 Å². The van der Waals surface area contributed by atoms with E-state index in [0.717, 1.165) is 0 Å². The predicted octanol–water partition coefficient (Wildman–Crippen LogP) is 2.75. The van der Waals surface area contributed by atoms with Crippen LogP contribution in [0.3, 0.4) is 0 Å². The van der Waals surface area contributed by atoms with E-state index >= 15 is 0 Å². The second-order valence-corrected chi connectivity index (χ2v) is 6.58. The molecule has 1 aromatic carbocycles. The van der Waals surface area contributed by atoms with Crippen LogP contribution in [-0.2, 0) is 9.53 Å². The van der Waals surface area contributed by atoms with E-state index in [4.69, 9.17) is 15.2 Å². The molecule has 1 heterocycles. The zero-order chi connectivity index (χ0) is 19.8. The molecular formula is C18H22N4O4S. The van der Waals surface area contributed by atoms with Crippen molar-refractivity contribution in [1.29, 1.82) is 0 Å². The normalized spacial score (nSPS) is 11.5. The maximum Gasteiger partial charge on any atom is 0.343 e. The van der Waals surface area contributed by atoms with Gasteiger partial charge in [-0.1, -0.05) is 24.8 Å². The highest BCUT2D eigenvalue weighted by Gasteiger charge is 2.21. The average Bonchev–Trinajstić information content (AvgIpc) is 2.66. The summed E-state index contributed by atoms with van der Waals surface area (Å²) in [6.45, 7) is 3.82. The fourth-order valence-electron chi connectivity index (χ4n) is 2.17. The Labute approximate surface area is 161 Å². The number of amides is 1. The van der Waals surface area contributed by atoms with Crippen LogP contribution in [-0.4, -0.2) is 40.8 Å². The van der Waals surface area contributed by atoms with E-state index in [9.17, 15) is 9.59 Å². The summed E-state index contributed by atoms with van der Waals surface area (Å²) in [4.78, 5) is 32.5. The van der Waals surface area contributed by atoms with Gasteiger partial charge in [0.15, 0.2) is 5.16 Å². The van der Waals surface area contributed by atoms with Crippen molar-refractivity contribution in [2.24, 2.45) is 0 Å². The Morgan fingerprint density at radius 1 is 1.33 bits per heavy atom. The maximum absolute atomic E-state index is 12.6. The maximum atomic E-state index is 12.6. The number of hydrogen-bond acceptors (Lipinski definition) is 8. The van der Waals surface area contributed by atoms with Gasteiger partial charge in [0.1, 0.15) is 17.1 Å². The van der Waals surface area contributed by atoms with Crippen molar-refractivity contribution in [2.45, 2.75) is 30.7 Å². The fourth-order valence-corrected chi connectivity index (χ4v) is 3.03. The smallest absolute Gasteiger partial charge is 0.343 e. The number of nitrogens with one attached hydrogen (secondary N) is 1. The van der Waals surface area contributed by atoms with E-state index in [0.29, 0.717) is 23.0 Å². The van der Waals surface area contributed by atoms with Crippen LogP contribution in [0, 0.1) is 0 Å². The molecule has 1 aromatic heterocycles. The fraction of sp³-hybridized carbons (Fsp3) is 0.333. The van der Waals surface area contributed by atoms with Crippen LogP contribution in [0.4, 0.5) is 11.5 Å². The largest absolute Gasteiger partial charge is 0.497 e. The lowest BCUT2D eigenvalue weighted by atomic mass is 10.2. The van der Waals surface area contributed by atoms with Crippen molar-refractivity contribution in [3.05, 3.63) is 36.0 Å². The third kappa shape index (κ3) is 5.58. The summed E-state index contributed by atoms with van der Waals surface area (Å²) in [5.41, 5.74) is 6.56. The van der Waals surface area contributed by atoms with Crippen molar-refractivity contribution in [3.63, 3.8) is 0 Å². The molecular weight excluding hydrogens is 368 g/mol. The number of aromatic nitrogens is 2. The highest BCUT2D eigenvalue weighted by atomic mass is 32.2. The Kier molecular flexibility index (Phi) is 7.42. The van der Waals surface area contributed by atoms with E-state index in [1.807, 2.05) is 6.92 Å². The number of hydrogen-bond donors (Lipinski definition) is 2. The molecule has 2 rings (SSSR count). The van der Waals surface area contributed by atoms with Gasteiger partial charge in [0.2, 0.25) is 5.91 Å². The van der Waals surface area contributed by atoms with Gasteiger partial charge in [-0.15, -0.1) is 0 Å². The predicted molar refractivity (Wildman–Crippen MR) is 104 cm³/mol. The molecule has 1 amide bonds. The molecule has 0 unspecified atom stereocenters. The molecule has 0 bridgehead atoms. The van der Waals surface area contributed by atoms with Gasteiger partial charge >= 0.3 is 5.97 Å². The van der Waals surface area contributed by atoms with Gasteiger partial charge in [-0.25, -0.2) is 14.8 Å². The van der Waals surface area contributed by atoms with Crippen LogP contribution in [0.1, 0.15) is 30.6 Å². The first-order valence-corrected chi connectivity index (χ1v) is 9.27. The molecule has 0 spiro atoms. The first-order chi connectivity index (χ1) is 13.0. The van der Waals surface area contributed by atoms with Crippen molar-refractivity contribution >= 4 is 35.1 Å². The number of nitrogens with two attached hydrogens (primary N) is 1. The van der Waals surface area contributed by atoms with Crippen LogP contribution in [0.5, 0.6) is 5.75 Å². The lowest BCUT2D eigenvalue weighted by Gasteiger charge is -2.14. The minimum atomic E-state index is -0.575. The standard InChI is InChI=1S/C18H22N4O4S/c1-4-14(16(23)21-11-7-6-8-12(9-11)25-3)27-18-20-10-13(15(19)22-18)17(24)26-5-2/h6-10,14H,4-5H2,1-3H3,(H,21,23)(H2,19,20,22)/t14-/m0/s1. The van der Waals surface area contributed by atoms with Crippen LogP contribution in [0.2, 0.25) is 0 Å². The molecule has 0 saturated carbocycles. The summed E-state index contributed by atoms with van der Waals surface area (Å²) in [6, 6.07) is 7.10. The number of rotatable bonds is 8. The monoisotopic (exact) mass is 390 g/mol. The van der Waals surface area contributed by atoms with Gasteiger partial charge in [-0.2, -0.15) is 0 Å².